The minimum Gasteiger partial charge on any atom is -0.479 e. The molecule has 82 valence electrons. The summed E-state index contributed by atoms with van der Waals surface area (Å²) in [6.07, 6.45) is -7.24. The quantitative estimate of drug-likeness (QED) is 0.590. The molecule has 0 heterocycles. The lowest BCUT2D eigenvalue weighted by molar-refractivity contribution is -0.173. The van der Waals surface area contributed by atoms with Crippen molar-refractivity contribution >= 4 is 11.9 Å². The van der Waals surface area contributed by atoms with Gasteiger partial charge < -0.3 is 15.5 Å². The SMILES string of the molecule is O=C(O)[C@@H](O)CCNC(=O)C(F)(F)F. The van der Waals surface area contributed by atoms with Crippen molar-refractivity contribution in [3.8, 4) is 0 Å². The van der Waals surface area contributed by atoms with E-state index in [2.05, 4.69) is 0 Å². The van der Waals surface area contributed by atoms with Crippen LogP contribution >= 0.6 is 0 Å². The number of halogens is 3. The van der Waals surface area contributed by atoms with E-state index in [9.17, 15) is 22.8 Å². The van der Waals surface area contributed by atoms with Gasteiger partial charge in [0.15, 0.2) is 6.10 Å². The van der Waals surface area contributed by atoms with Crippen LogP contribution in [0.15, 0.2) is 0 Å². The lowest BCUT2D eigenvalue weighted by Crippen LogP contribution is -2.38. The molecule has 0 bridgehead atoms. The van der Waals surface area contributed by atoms with Gasteiger partial charge in [-0.15, -0.1) is 0 Å². The number of nitrogens with one attached hydrogen (secondary N) is 1. The summed E-state index contributed by atoms with van der Waals surface area (Å²) in [5, 5.41) is 18.2. The maximum absolute atomic E-state index is 11.5. The molecule has 0 aliphatic carbocycles. The van der Waals surface area contributed by atoms with E-state index in [4.69, 9.17) is 10.2 Å². The molecule has 0 spiro atoms. The molecule has 0 saturated carbocycles. The van der Waals surface area contributed by atoms with E-state index in [0.717, 1.165) is 0 Å². The number of aliphatic hydroxyl groups excluding tert-OH is 1. The van der Waals surface area contributed by atoms with Crippen LogP contribution in [0.4, 0.5) is 13.2 Å². The van der Waals surface area contributed by atoms with E-state index in [0.29, 0.717) is 0 Å². The van der Waals surface area contributed by atoms with Gasteiger partial charge in [-0.25, -0.2) is 4.79 Å². The summed E-state index contributed by atoms with van der Waals surface area (Å²) in [6.45, 7) is -0.550. The molecule has 0 rings (SSSR count). The average molecular weight is 215 g/mol. The lowest BCUT2D eigenvalue weighted by atomic mass is 10.2. The first-order valence-electron chi connectivity index (χ1n) is 3.51. The van der Waals surface area contributed by atoms with E-state index in [-0.39, 0.29) is 0 Å². The minimum absolute atomic E-state index is 0.475. The van der Waals surface area contributed by atoms with Crippen LogP contribution < -0.4 is 5.32 Å². The number of hydrogen-bond acceptors (Lipinski definition) is 3. The van der Waals surface area contributed by atoms with Crippen molar-refractivity contribution in [2.45, 2.75) is 18.7 Å². The molecule has 0 aromatic carbocycles. The largest absolute Gasteiger partial charge is 0.479 e. The van der Waals surface area contributed by atoms with Gasteiger partial charge in [-0.05, 0) is 0 Å². The molecule has 0 aromatic rings. The molecule has 14 heavy (non-hydrogen) atoms. The fraction of sp³-hybridized carbons (Fsp3) is 0.667. The monoisotopic (exact) mass is 215 g/mol. The molecule has 0 radical (unpaired) electrons. The summed E-state index contributed by atoms with van der Waals surface area (Å²) in [6, 6.07) is 0. The number of amides is 1. The predicted molar refractivity (Wildman–Crippen MR) is 37.3 cm³/mol. The number of carboxylic acid groups (broad SMARTS) is 1. The van der Waals surface area contributed by atoms with Gasteiger partial charge >= 0.3 is 18.1 Å². The summed E-state index contributed by atoms with van der Waals surface area (Å²) >= 11 is 0. The fourth-order valence-electron chi connectivity index (χ4n) is 0.546. The Hall–Kier alpha value is -1.31. The minimum atomic E-state index is -4.99. The standard InChI is InChI=1S/C6H8F3NO4/c7-6(8,9)5(14)10-2-1-3(11)4(12)13/h3,11H,1-2H2,(H,10,14)(H,12,13)/t3-/m0/s1. The number of alkyl halides is 3. The first-order valence-corrected chi connectivity index (χ1v) is 3.51. The Bertz CT molecular complexity index is 228. The van der Waals surface area contributed by atoms with Crippen LogP contribution in [0.25, 0.3) is 0 Å². The topological polar surface area (TPSA) is 86.6 Å². The Kier molecular flexibility index (Phi) is 4.35. The van der Waals surface area contributed by atoms with Crippen molar-refractivity contribution in [3.05, 3.63) is 0 Å². The van der Waals surface area contributed by atoms with Crippen molar-refractivity contribution in [2.24, 2.45) is 0 Å². The van der Waals surface area contributed by atoms with Gasteiger partial charge in [0, 0.05) is 13.0 Å². The van der Waals surface area contributed by atoms with Crippen LogP contribution in [0, 0.1) is 0 Å². The number of hydrogen-bond donors (Lipinski definition) is 3. The van der Waals surface area contributed by atoms with Crippen LogP contribution in [0.1, 0.15) is 6.42 Å². The van der Waals surface area contributed by atoms with Gasteiger partial charge in [-0.3, -0.25) is 4.79 Å². The Labute approximate surface area is 76.5 Å². The zero-order chi connectivity index (χ0) is 11.4. The third-order valence-electron chi connectivity index (χ3n) is 1.25. The number of carbonyl (C=O) groups is 2. The second-order valence-electron chi connectivity index (χ2n) is 2.40. The summed E-state index contributed by atoms with van der Waals surface area (Å²) < 4.78 is 34.6. The van der Waals surface area contributed by atoms with E-state index < -0.39 is 37.1 Å². The molecule has 0 aromatic heterocycles. The molecule has 3 N–H and O–H groups in total. The van der Waals surface area contributed by atoms with Gasteiger partial charge in [-0.1, -0.05) is 0 Å². The van der Waals surface area contributed by atoms with E-state index in [1.807, 2.05) is 0 Å². The molecular formula is C6H8F3NO4. The van der Waals surface area contributed by atoms with Crippen molar-refractivity contribution in [1.29, 1.82) is 0 Å². The van der Waals surface area contributed by atoms with Crippen LogP contribution in [0.3, 0.4) is 0 Å². The van der Waals surface area contributed by atoms with Crippen molar-refractivity contribution in [3.63, 3.8) is 0 Å². The van der Waals surface area contributed by atoms with Gasteiger partial charge in [0.1, 0.15) is 0 Å². The van der Waals surface area contributed by atoms with Crippen LogP contribution in [-0.4, -0.2) is 40.9 Å². The number of aliphatic hydroxyl groups is 1. The second kappa shape index (κ2) is 4.80. The average Bonchev–Trinajstić information content (AvgIpc) is 2.01. The van der Waals surface area contributed by atoms with Crippen LogP contribution in [0.5, 0.6) is 0 Å². The summed E-state index contributed by atoms with van der Waals surface area (Å²) in [5.74, 6) is -3.71. The Morgan fingerprint density at radius 2 is 1.86 bits per heavy atom. The number of carboxylic acids is 1. The Balaban J connectivity index is 3.76. The smallest absolute Gasteiger partial charge is 0.471 e. The highest BCUT2D eigenvalue weighted by atomic mass is 19.4. The molecule has 0 fully saturated rings. The second-order valence-corrected chi connectivity index (χ2v) is 2.40. The zero-order valence-corrected chi connectivity index (χ0v) is 6.84. The molecule has 8 heteroatoms. The van der Waals surface area contributed by atoms with Gasteiger partial charge in [0.25, 0.3) is 0 Å². The highest BCUT2D eigenvalue weighted by molar-refractivity contribution is 5.81. The number of carbonyl (C=O) groups excluding carboxylic acids is 1. The summed E-state index contributed by atoms with van der Waals surface area (Å²) in [4.78, 5) is 20.1. The first kappa shape index (κ1) is 12.7. The predicted octanol–water partition coefficient (Wildman–Crippen LogP) is -0.499. The van der Waals surface area contributed by atoms with Crippen molar-refractivity contribution < 1.29 is 33.0 Å². The number of rotatable bonds is 4. The van der Waals surface area contributed by atoms with E-state index >= 15 is 0 Å². The molecule has 0 unspecified atom stereocenters. The third-order valence-corrected chi connectivity index (χ3v) is 1.25. The Morgan fingerprint density at radius 1 is 1.36 bits per heavy atom. The molecule has 5 nitrogen and oxygen atoms in total. The normalized spacial score (nSPS) is 13.4. The van der Waals surface area contributed by atoms with Gasteiger partial charge in [0.2, 0.25) is 0 Å². The van der Waals surface area contributed by atoms with Crippen molar-refractivity contribution in [2.75, 3.05) is 6.54 Å². The molecular weight excluding hydrogens is 207 g/mol. The zero-order valence-electron chi connectivity index (χ0n) is 6.84. The maximum atomic E-state index is 11.5. The van der Waals surface area contributed by atoms with Crippen LogP contribution in [-0.2, 0) is 9.59 Å². The fourth-order valence-corrected chi connectivity index (χ4v) is 0.546. The summed E-state index contributed by atoms with van der Waals surface area (Å²) in [5.41, 5.74) is 0. The number of aliphatic carboxylic acids is 1. The molecule has 0 saturated heterocycles. The lowest BCUT2D eigenvalue weighted by Gasteiger charge is -2.08. The molecule has 1 atom stereocenters. The molecule has 0 aliphatic heterocycles. The van der Waals surface area contributed by atoms with Gasteiger partial charge in [-0.2, -0.15) is 13.2 Å². The van der Waals surface area contributed by atoms with Gasteiger partial charge in [0.05, 0.1) is 0 Å². The highest BCUT2D eigenvalue weighted by Gasteiger charge is 2.38. The van der Waals surface area contributed by atoms with Crippen molar-refractivity contribution in [1.82, 2.24) is 5.32 Å². The first-order chi connectivity index (χ1) is 6.25. The molecule has 1 amide bonds. The third kappa shape index (κ3) is 4.65. The van der Waals surface area contributed by atoms with Crippen LogP contribution in [0.2, 0.25) is 0 Å². The maximum Gasteiger partial charge on any atom is 0.471 e. The highest BCUT2D eigenvalue weighted by Crippen LogP contribution is 2.13. The van der Waals surface area contributed by atoms with E-state index in [1.54, 1.807) is 0 Å². The Morgan fingerprint density at radius 3 is 2.21 bits per heavy atom. The molecule has 0 aliphatic rings. The van der Waals surface area contributed by atoms with E-state index in [1.165, 1.54) is 5.32 Å². The summed E-state index contributed by atoms with van der Waals surface area (Å²) in [7, 11) is 0.